The Morgan fingerprint density at radius 2 is 2.16 bits per heavy atom. The molecular weight excluding hydrogens is 420 g/mol. The Morgan fingerprint density at radius 1 is 1.31 bits per heavy atom. The fraction of sp³-hybridized carbons (Fsp3) is 0.333. The van der Waals surface area contributed by atoms with Crippen LogP contribution in [0, 0.1) is 13.8 Å². The zero-order valence-corrected chi connectivity index (χ0v) is 19.5. The lowest BCUT2D eigenvalue weighted by Crippen LogP contribution is -2.38. The number of benzene rings is 1. The third-order valence-electron chi connectivity index (χ3n) is 6.21. The average Bonchev–Trinajstić information content (AvgIpc) is 3.51. The largest absolute Gasteiger partial charge is 0.336 e. The molecule has 7 nitrogen and oxygen atoms in total. The van der Waals surface area contributed by atoms with E-state index in [0.29, 0.717) is 5.69 Å². The maximum atomic E-state index is 13.6. The number of thiazole rings is 1. The van der Waals surface area contributed by atoms with Crippen molar-refractivity contribution in [1.29, 1.82) is 0 Å². The van der Waals surface area contributed by atoms with Gasteiger partial charge in [-0.05, 0) is 51.6 Å². The molecule has 1 atom stereocenters. The van der Waals surface area contributed by atoms with Crippen LogP contribution in [-0.2, 0) is 0 Å². The lowest BCUT2D eigenvalue weighted by Gasteiger charge is -2.24. The van der Waals surface area contributed by atoms with Crippen LogP contribution in [0.1, 0.15) is 28.0 Å². The van der Waals surface area contributed by atoms with Crippen molar-refractivity contribution in [2.45, 2.75) is 26.3 Å². The second kappa shape index (κ2) is 8.11. The fourth-order valence-corrected chi connectivity index (χ4v) is 5.51. The van der Waals surface area contributed by atoms with E-state index in [-0.39, 0.29) is 11.9 Å². The first kappa shape index (κ1) is 20.8. The third-order valence-corrected chi connectivity index (χ3v) is 7.32. The van der Waals surface area contributed by atoms with Crippen LogP contribution in [0.2, 0.25) is 0 Å². The highest BCUT2D eigenvalue weighted by Crippen LogP contribution is 2.38. The number of nitrogens with zero attached hydrogens (tertiary/aromatic N) is 5. The first-order valence-corrected chi connectivity index (χ1v) is 11.6. The van der Waals surface area contributed by atoms with E-state index >= 15 is 0 Å². The number of aryl methyl sites for hydroxylation is 2. The number of aromatic nitrogens is 4. The van der Waals surface area contributed by atoms with E-state index < -0.39 is 0 Å². The molecule has 0 radical (unpaired) electrons. The summed E-state index contributed by atoms with van der Waals surface area (Å²) >= 11 is 1.49. The summed E-state index contributed by atoms with van der Waals surface area (Å²) in [7, 11) is 3.97. The van der Waals surface area contributed by atoms with Crippen LogP contribution < -0.4 is 0 Å². The van der Waals surface area contributed by atoms with Crippen molar-refractivity contribution >= 4 is 28.1 Å². The van der Waals surface area contributed by atoms with Crippen molar-refractivity contribution in [3.8, 4) is 21.1 Å². The van der Waals surface area contributed by atoms with Gasteiger partial charge in [0.1, 0.15) is 16.4 Å². The molecule has 3 aromatic heterocycles. The molecule has 4 heterocycles. The fourth-order valence-electron chi connectivity index (χ4n) is 4.46. The summed E-state index contributed by atoms with van der Waals surface area (Å²) in [6, 6.07) is 8.30. The van der Waals surface area contributed by atoms with Gasteiger partial charge >= 0.3 is 0 Å². The average molecular weight is 447 g/mol. The molecule has 1 unspecified atom stereocenters. The molecule has 1 fully saturated rings. The number of rotatable bonds is 4. The monoisotopic (exact) mass is 446 g/mol. The zero-order valence-electron chi connectivity index (χ0n) is 18.7. The zero-order chi connectivity index (χ0) is 22.4. The number of hydrogen-bond donors (Lipinski definition) is 1. The van der Waals surface area contributed by atoms with Gasteiger partial charge in [0, 0.05) is 43.0 Å². The van der Waals surface area contributed by atoms with E-state index in [1.165, 1.54) is 16.9 Å². The molecular formula is C24H26N6OS. The Balaban J connectivity index is 1.62. The van der Waals surface area contributed by atoms with Crippen molar-refractivity contribution < 1.29 is 4.79 Å². The van der Waals surface area contributed by atoms with Crippen LogP contribution in [0.4, 0.5) is 0 Å². The second-order valence-corrected chi connectivity index (χ2v) is 9.63. The number of pyridine rings is 1. The molecule has 8 heteroatoms. The number of fused-ring (bicyclic) bond motifs is 1. The van der Waals surface area contributed by atoms with Gasteiger partial charge in [-0.25, -0.2) is 4.98 Å². The minimum atomic E-state index is -0.0566. The Hall–Kier alpha value is -3.10. The molecule has 1 aliphatic rings. The predicted molar refractivity (Wildman–Crippen MR) is 128 cm³/mol. The van der Waals surface area contributed by atoms with Gasteiger partial charge in [-0.15, -0.1) is 11.3 Å². The standard InChI is InChI=1S/C24H26N6OS/c1-14-10-15(2)19-18(11-14)20(28-27-19)23-26-21(22(32-23)16-6-5-8-25-12-16)24(31)30(4)17-7-9-29(3)13-17/h5-6,8,10-12,17H,7,9,13H2,1-4H3,(H,27,28). The van der Waals surface area contributed by atoms with Gasteiger partial charge in [0.05, 0.1) is 10.4 Å². The molecule has 1 aliphatic heterocycles. The first-order valence-electron chi connectivity index (χ1n) is 10.7. The molecule has 1 amide bonds. The summed E-state index contributed by atoms with van der Waals surface area (Å²) in [5.41, 5.74) is 5.46. The minimum Gasteiger partial charge on any atom is -0.336 e. The van der Waals surface area contributed by atoms with E-state index in [2.05, 4.69) is 53.1 Å². The summed E-state index contributed by atoms with van der Waals surface area (Å²) in [6.07, 6.45) is 4.50. The van der Waals surface area contributed by atoms with Gasteiger partial charge in [-0.1, -0.05) is 17.7 Å². The summed E-state index contributed by atoms with van der Waals surface area (Å²) in [6.45, 7) is 6.03. The molecule has 0 spiro atoms. The normalized spacial score (nSPS) is 16.7. The predicted octanol–water partition coefficient (Wildman–Crippen LogP) is 4.14. The van der Waals surface area contributed by atoms with Gasteiger partial charge in [-0.3, -0.25) is 14.9 Å². The van der Waals surface area contributed by atoms with Crippen LogP contribution in [0.3, 0.4) is 0 Å². The second-order valence-electron chi connectivity index (χ2n) is 8.64. The molecule has 32 heavy (non-hydrogen) atoms. The van der Waals surface area contributed by atoms with Crippen molar-refractivity contribution in [1.82, 2.24) is 30.0 Å². The summed E-state index contributed by atoms with van der Waals surface area (Å²) in [4.78, 5) is 27.6. The molecule has 1 saturated heterocycles. The van der Waals surface area contributed by atoms with Gasteiger partial charge < -0.3 is 9.80 Å². The quantitative estimate of drug-likeness (QED) is 0.510. The number of carbonyl (C=O) groups excluding carboxylic acids is 1. The highest BCUT2D eigenvalue weighted by Gasteiger charge is 2.31. The Labute approximate surface area is 191 Å². The van der Waals surface area contributed by atoms with E-state index in [1.807, 2.05) is 24.1 Å². The van der Waals surface area contributed by atoms with Crippen LogP contribution in [0.5, 0.6) is 0 Å². The van der Waals surface area contributed by atoms with Crippen LogP contribution in [0.25, 0.3) is 32.0 Å². The van der Waals surface area contributed by atoms with Crippen molar-refractivity contribution in [3.05, 3.63) is 53.5 Å². The van der Waals surface area contributed by atoms with Crippen molar-refractivity contribution in [2.24, 2.45) is 0 Å². The number of carbonyl (C=O) groups is 1. The highest BCUT2D eigenvalue weighted by molar-refractivity contribution is 7.18. The molecule has 0 aliphatic carbocycles. The molecule has 1 aromatic carbocycles. The summed E-state index contributed by atoms with van der Waals surface area (Å²) in [5, 5.41) is 9.50. The Morgan fingerprint density at radius 3 is 2.88 bits per heavy atom. The molecule has 5 rings (SSSR count). The van der Waals surface area contributed by atoms with E-state index in [1.54, 1.807) is 12.4 Å². The number of likely N-dealkylation sites (N-methyl/N-ethyl adjacent to an activating group) is 2. The molecule has 4 aromatic rings. The SMILES string of the molecule is Cc1cc(C)c2[nH]nc(-c3nc(C(=O)N(C)C4CCN(C)C4)c(-c4cccnc4)s3)c2c1. The Bertz CT molecular complexity index is 1290. The number of likely N-dealkylation sites (tertiary alicyclic amines) is 1. The van der Waals surface area contributed by atoms with Crippen LogP contribution in [-0.4, -0.2) is 69.1 Å². The van der Waals surface area contributed by atoms with Crippen LogP contribution in [0.15, 0.2) is 36.7 Å². The molecule has 1 N–H and O–H groups in total. The molecule has 164 valence electrons. The maximum absolute atomic E-state index is 13.6. The van der Waals surface area contributed by atoms with Crippen molar-refractivity contribution in [3.63, 3.8) is 0 Å². The lowest BCUT2D eigenvalue weighted by molar-refractivity contribution is 0.0733. The number of nitrogens with one attached hydrogen (secondary N) is 1. The highest BCUT2D eigenvalue weighted by atomic mass is 32.1. The first-order chi connectivity index (χ1) is 15.4. The smallest absolute Gasteiger partial charge is 0.274 e. The maximum Gasteiger partial charge on any atom is 0.274 e. The van der Waals surface area contributed by atoms with Gasteiger partial charge in [0.15, 0.2) is 0 Å². The molecule has 0 bridgehead atoms. The van der Waals surface area contributed by atoms with E-state index in [0.717, 1.165) is 57.1 Å². The molecule has 0 saturated carbocycles. The topological polar surface area (TPSA) is 78.0 Å². The van der Waals surface area contributed by atoms with Gasteiger partial charge in [0.2, 0.25) is 0 Å². The third kappa shape index (κ3) is 3.59. The number of hydrogen-bond acceptors (Lipinski definition) is 6. The number of H-pyrrole nitrogens is 1. The minimum absolute atomic E-state index is 0.0566. The van der Waals surface area contributed by atoms with Gasteiger partial charge in [-0.2, -0.15) is 5.10 Å². The van der Waals surface area contributed by atoms with Crippen molar-refractivity contribution in [2.75, 3.05) is 27.2 Å². The summed E-state index contributed by atoms with van der Waals surface area (Å²) < 4.78 is 0. The Kier molecular flexibility index (Phi) is 5.27. The summed E-state index contributed by atoms with van der Waals surface area (Å²) in [5.74, 6) is -0.0566. The van der Waals surface area contributed by atoms with E-state index in [4.69, 9.17) is 4.98 Å². The number of aromatic amines is 1. The number of amides is 1. The van der Waals surface area contributed by atoms with Gasteiger partial charge in [0.25, 0.3) is 5.91 Å². The van der Waals surface area contributed by atoms with Crippen LogP contribution >= 0.6 is 11.3 Å². The van der Waals surface area contributed by atoms with E-state index in [9.17, 15) is 4.79 Å². The lowest BCUT2D eigenvalue weighted by atomic mass is 10.1.